The molecule has 0 spiro atoms. The van der Waals surface area contributed by atoms with Gasteiger partial charge < -0.3 is 10.2 Å². The lowest BCUT2D eigenvalue weighted by Crippen LogP contribution is -2.51. The molecule has 0 fully saturated rings. The average Bonchev–Trinajstić information content (AvgIpc) is 2.91. The van der Waals surface area contributed by atoms with E-state index in [9.17, 15) is 31.2 Å². The van der Waals surface area contributed by atoms with E-state index in [2.05, 4.69) is 5.32 Å². The fraction of sp³-hybridized carbons (Fsp3) is 0.259. The maximum Gasteiger partial charge on any atom is 0.417 e. The van der Waals surface area contributed by atoms with E-state index >= 15 is 0 Å². The minimum atomic E-state index is -4.88. The summed E-state index contributed by atoms with van der Waals surface area (Å²) in [5, 5.41) is 2.44. The highest BCUT2D eigenvalue weighted by atomic mass is 35.5. The summed E-state index contributed by atoms with van der Waals surface area (Å²) in [6.45, 7) is 2.46. The zero-order valence-corrected chi connectivity index (χ0v) is 23.8. The number of anilines is 1. The highest BCUT2D eigenvalue weighted by Crippen LogP contribution is 2.38. The van der Waals surface area contributed by atoms with Crippen molar-refractivity contribution < 1.29 is 31.2 Å². The molecule has 0 saturated carbocycles. The van der Waals surface area contributed by atoms with Crippen molar-refractivity contribution in [1.82, 2.24) is 10.2 Å². The zero-order valence-electron chi connectivity index (χ0n) is 21.5. The van der Waals surface area contributed by atoms with E-state index in [0.29, 0.717) is 21.0 Å². The maximum absolute atomic E-state index is 13.7. The normalized spacial score (nSPS) is 12.5. The number of likely N-dealkylation sites (N-methyl/N-ethyl adjacent to an activating group) is 1. The molecule has 0 radical (unpaired) electrons. The Labute approximate surface area is 240 Å². The molecule has 0 aromatic heterocycles. The van der Waals surface area contributed by atoms with E-state index in [4.69, 9.17) is 23.2 Å². The van der Waals surface area contributed by atoms with Crippen molar-refractivity contribution in [2.75, 3.05) is 17.4 Å². The van der Waals surface area contributed by atoms with Gasteiger partial charge >= 0.3 is 6.18 Å². The van der Waals surface area contributed by atoms with Crippen LogP contribution in [-0.2, 0) is 32.3 Å². The number of rotatable bonds is 10. The molecule has 214 valence electrons. The van der Waals surface area contributed by atoms with E-state index < -0.39 is 56.9 Å². The summed E-state index contributed by atoms with van der Waals surface area (Å²) in [4.78, 5) is 27.4. The molecule has 7 nitrogen and oxygen atoms in total. The number of sulfonamides is 1. The first-order valence-electron chi connectivity index (χ1n) is 12.0. The van der Waals surface area contributed by atoms with Crippen LogP contribution in [0.5, 0.6) is 0 Å². The molecule has 3 aromatic rings. The summed E-state index contributed by atoms with van der Waals surface area (Å²) in [6, 6.07) is 15.0. The van der Waals surface area contributed by atoms with Crippen LogP contribution in [0.4, 0.5) is 18.9 Å². The number of alkyl halides is 3. The van der Waals surface area contributed by atoms with Crippen LogP contribution < -0.4 is 9.62 Å². The van der Waals surface area contributed by atoms with Crippen molar-refractivity contribution in [3.05, 3.63) is 94.0 Å². The summed E-state index contributed by atoms with van der Waals surface area (Å²) < 4.78 is 68.9. The van der Waals surface area contributed by atoms with Gasteiger partial charge in [-0.2, -0.15) is 13.2 Å². The number of hydrogen-bond acceptors (Lipinski definition) is 4. The Morgan fingerprint density at radius 1 is 0.975 bits per heavy atom. The van der Waals surface area contributed by atoms with Gasteiger partial charge in [0.1, 0.15) is 12.6 Å². The Kier molecular flexibility index (Phi) is 10.1. The van der Waals surface area contributed by atoms with E-state index in [1.165, 1.54) is 31.2 Å². The first-order chi connectivity index (χ1) is 18.8. The van der Waals surface area contributed by atoms with E-state index in [1.807, 2.05) is 0 Å². The van der Waals surface area contributed by atoms with E-state index in [-0.39, 0.29) is 18.0 Å². The molecular formula is C27H26Cl2F3N3O4S. The highest BCUT2D eigenvalue weighted by Gasteiger charge is 2.36. The van der Waals surface area contributed by atoms with E-state index in [0.717, 1.165) is 17.0 Å². The summed E-state index contributed by atoms with van der Waals surface area (Å²) >= 11 is 11.7. The second-order valence-corrected chi connectivity index (χ2v) is 11.4. The minimum Gasteiger partial charge on any atom is -0.355 e. The number of carbonyl (C=O) groups is 2. The molecule has 3 aromatic carbocycles. The molecule has 1 N–H and O–H groups in total. The molecule has 0 aliphatic carbocycles. The van der Waals surface area contributed by atoms with Gasteiger partial charge in [-0.1, -0.05) is 53.5 Å². The van der Waals surface area contributed by atoms with E-state index in [1.54, 1.807) is 37.3 Å². The number of carbonyl (C=O) groups excluding carboxylic acids is 2. The third kappa shape index (κ3) is 7.47. The van der Waals surface area contributed by atoms with Gasteiger partial charge in [0, 0.05) is 18.1 Å². The Balaban J connectivity index is 2.10. The van der Waals surface area contributed by atoms with Crippen molar-refractivity contribution in [3.8, 4) is 0 Å². The quantitative estimate of drug-likeness (QED) is 0.314. The summed E-state index contributed by atoms with van der Waals surface area (Å²) in [5.74, 6) is -1.31. The molecule has 13 heteroatoms. The van der Waals surface area contributed by atoms with Gasteiger partial charge in [-0.3, -0.25) is 13.9 Å². The van der Waals surface area contributed by atoms with Crippen LogP contribution >= 0.6 is 23.2 Å². The Bertz CT molecular complexity index is 1450. The molecular weight excluding hydrogens is 590 g/mol. The predicted molar refractivity (Wildman–Crippen MR) is 148 cm³/mol. The fourth-order valence-electron chi connectivity index (χ4n) is 3.83. The molecule has 3 rings (SSSR count). The third-order valence-electron chi connectivity index (χ3n) is 5.94. The lowest BCUT2D eigenvalue weighted by molar-refractivity contribution is -0.139. The first-order valence-corrected chi connectivity index (χ1v) is 14.2. The van der Waals surface area contributed by atoms with Gasteiger partial charge in [0.15, 0.2) is 0 Å². The number of amides is 2. The van der Waals surface area contributed by atoms with Gasteiger partial charge in [0.2, 0.25) is 11.8 Å². The average molecular weight is 616 g/mol. The van der Waals surface area contributed by atoms with Gasteiger partial charge in [-0.15, -0.1) is 0 Å². The van der Waals surface area contributed by atoms with Crippen LogP contribution in [0.25, 0.3) is 0 Å². The minimum absolute atomic E-state index is 0.0953. The summed E-state index contributed by atoms with van der Waals surface area (Å²) in [6.07, 6.45) is -4.88. The number of benzene rings is 3. The Morgan fingerprint density at radius 3 is 2.17 bits per heavy atom. The Hall–Kier alpha value is -3.28. The molecule has 1 atom stereocenters. The van der Waals surface area contributed by atoms with Crippen molar-refractivity contribution in [3.63, 3.8) is 0 Å². The predicted octanol–water partition coefficient (Wildman–Crippen LogP) is 5.76. The lowest BCUT2D eigenvalue weighted by Gasteiger charge is -2.32. The van der Waals surface area contributed by atoms with Crippen LogP contribution in [0, 0.1) is 0 Å². The largest absolute Gasteiger partial charge is 0.417 e. The first kappa shape index (κ1) is 31.3. The van der Waals surface area contributed by atoms with Gasteiger partial charge in [-0.25, -0.2) is 8.42 Å². The second-order valence-electron chi connectivity index (χ2n) is 8.71. The van der Waals surface area contributed by atoms with Gasteiger partial charge in [0.05, 0.1) is 21.2 Å². The standard InChI is InChI=1S/C27H26Cl2F3N3O4S/c1-3-33-26(37)18(2)34(16-19-9-11-20(28)12-10-19)25(36)17-35(40(38,39)22-7-5-4-6-8-22)21-13-14-24(29)23(15-21)27(30,31)32/h4-15,18H,3,16-17H2,1-2H3,(H,33,37)/t18-/m0/s1. The topological polar surface area (TPSA) is 86.8 Å². The smallest absolute Gasteiger partial charge is 0.355 e. The van der Waals surface area contributed by atoms with Crippen LogP contribution in [0.1, 0.15) is 25.0 Å². The summed E-state index contributed by atoms with van der Waals surface area (Å²) in [5.41, 5.74) is -1.09. The number of nitrogens with zero attached hydrogens (tertiary/aromatic N) is 2. The monoisotopic (exact) mass is 615 g/mol. The molecule has 0 heterocycles. The zero-order chi connectivity index (χ0) is 29.7. The number of hydrogen-bond donors (Lipinski definition) is 1. The van der Waals surface area contributed by atoms with Crippen molar-refractivity contribution >= 4 is 50.7 Å². The lowest BCUT2D eigenvalue weighted by atomic mass is 10.1. The van der Waals surface area contributed by atoms with Crippen LogP contribution in [0.15, 0.2) is 77.7 Å². The molecule has 0 bridgehead atoms. The molecule has 0 aliphatic heterocycles. The molecule has 40 heavy (non-hydrogen) atoms. The van der Waals surface area contributed by atoms with Crippen molar-refractivity contribution in [2.24, 2.45) is 0 Å². The second kappa shape index (κ2) is 12.9. The third-order valence-corrected chi connectivity index (χ3v) is 8.31. The van der Waals surface area contributed by atoms with Crippen molar-refractivity contribution in [1.29, 1.82) is 0 Å². The van der Waals surface area contributed by atoms with Crippen LogP contribution in [-0.4, -0.2) is 44.3 Å². The highest BCUT2D eigenvalue weighted by molar-refractivity contribution is 7.92. The fourth-order valence-corrected chi connectivity index (χ4v) is 5.60. The van der Waals surface area contributed by atoms with Crippen LogP contribution in [0.2, 0.25) is 10.0 Å². The van der Waals surface area contributed by atoms with Gasteiger partial charge in [-0.05, 0) is 61.9 Å². The van der Waals surface area contributed by atoms with Crippen molar-refractivity contribution in [2.45, 2.75) is 37.5 Å². The Morgan fingerprint density at radius 2 is 1.60 bits per heavy atom. The van der Waals surface area contributed by atoms with Gasteiger partial charge in [0.25, 0.3) is 10.0 Å². The number of halogens is 5. The maximum atomic E-state index is 13.7. The number of nitrogens with one attached hydrogen (secondary N) is 1. The molecule has 0 aliphatic rings. The summed E-state index contributed by atoms with van der Waals surface area (Å²) in [7, 11) is -4.54. The molecule has 2 amide bonds. The molecule has 0 saturated heterocycles. The molecule has 0 unspecified atom stereocenters. The SMILES string of the molecule is CCNC(=O)[C@H](C)N(Cc1ccc(Cl)cc1)C(=O)CN(c1ccc(Cl)c(C(F)(F)F)c1)S(=O)(=O)c1ccccc1. The van der Waals surface area contributed by atoms with Crippen LogP contribution in [0.3, 0.4) is 0 Å².